The van der Waals surface area contributed by atoms with Crippen LogP contribution in [0.5, 0.6) is 0 Å². The van der Waals surface area contributed by atoms with Crippen LogP contribution in [0.4, 0.5) is 0 Å². The maximum Gasteiger partial charge on any atom is 0.1000 e. The van der Waals surface area contributed by atoms with E-state index in [4.69, 9.17) is 4.74 Å². The van der Waals surface area contributed by atoms with Crippen molar-refractivity contribution in [2.24, 2.45) is 0 Å². The summed E-state index contributed by atoms with van der Waals surface area (Å²) >= 11 is 0. The van der Waals surface area contributed by atoms with Crippen LogP contribution in [0.3, 0.4) is 0 Å². The Labute approximate surface area is 127 Å². The first-order chi connectivity index (χ1) is 10.2. The van der Waals surface area contributed by atoms with Crippen LogP contribution in [0.1, 0.15) is 16.7 Å². The number of ether oxygens (including phenoxy) is 1. The average Bonchev–Trinajstić information content (AvgIpc) is 2.49. The fourth-order valence-corrected chi connectivity index (χ4v) is 2.16. The van der Waals surface area contributed by atoms with E-state index in [-0.39, 0.29) is 0 Å². The van der Waals surface area contributed by atoms with Gasteiger partial charge < -0.3 is 9.64 Å². The quantitative estimate of drug-likeness (QED) is 0.587. The lowest BCUT2D eigenvalue weighted by Crippen LogP contribution is -2.16. The van der Waals surface area contributed by atoms with Crippen molar-refractivity contribution in [1.82, 2.24) is 4.90 Å². The molecular formula is C19H23NO. The van der Waals surface area contributed by atoms with Gasteiger partial charge in [-0.3, -0.25) is 0 Å². The van der Waals surface area contributed by atoms with Crippen LogP contribution in [0.2, 0.25) is 0 Å². The Morgan fingerprint density at radius 2 is 1.67 bits per heavy atom. The van der Waals surface area contributed by atoms with Crippen molar-refractivity contribution in [2.45, 2.75) is 6.92 Å². The molecule has 2 aromatic rings. The van der Waals surface area contributed by atoms with Gasteiger partial charge in [0.2, 0.25) is 0 Å². The summed E-state index contributed by atoms with van der Waals surface area (Å²) in [6.07, 6.45) is 1.89. The van der Waals surface area contributed by atoms with Gasteiger partial charge in [-0.2, -0.15) is 0 Å². The SMILES string of the molecule is Cc1ccccc1/C(=C\OCCN(C)C)c1ccccc1. The second-order valence-corrected chi connectivity index (χ2v) is 5.39. The molecule has 0 atom stereocenters. The van der Waals surface area contributed by atoms with E-state index in [0.29, 0.717) is 6.61 Å². The van der Waals surface area contributed by atoms with Crippen LogP contribution in [0, 0.1) is 6.92 Å². The Morgan fingerprint density at radius 1 is 1.00 bits per heavy atom. The summed E-state index contributed by atoms with van der Waals surface area (Å²) in [7, 11) is 4.10. The molecule has 2 aromatic carbocycles. The molecule has 0 amide bonds. The van der Waals surface area contributed by atoms with Crippen LogP contribution in [0.25, 0.3) is 5.57 Å². The molecule has 0 aliphatic heterocycles. The fourth-order valence-electron chi connectivity index (χ4n) is 2.16. The summed E-state index contributed by atoms with van der Waals surface area (Å²) in [4.78, 5) is 2.11. The maximum atomic E-state index is 5.77. The van der Waals surface area contributed by atoms with E-state index in [1.807, 2.05) is 26.4 Å². The van der Waals surface area contributed by atoms with Crippen molar-refractivity contribution in [3.8, 4) is 0 Å². The van der Waals surface area contributed by atoms with E-state index in [2.05, 4.69) is 60.4 Å². The highest BCUT2D eigenvalue weighted by Gasteiger charge is 2.07. The second kappa shape index (κ2) is 7.65. The Morgan fingerprint density at radius 3 is 2.33 bits per heavy atom. The van der Waals surface area contributed by atoms with Crippen molar-refractivity contribution in [3.63, 3.8) is 0 Å². The first-order valence-electron chi connectivity index (χ1n) is 7.26. The predicted molar refractivity (Wildman–Crippen MR) is 89.2 cm³/mol. The van der Waals surface area contributed by atoms with Gasteiger partial charge in [0.25, 0.3) is 0 Å². The lowest BCUT2D eigenvalue weighted by molar-refractivity contribution is 0.213. The Bertz CT molecular complexity index is 588. The minimum absolute atomic E-state index is 0.690. The molecule has 0 bridgehead atoms. The summed E-state index contributed by atoms with van der Waals surface area (Å²) in [5.74, 6) is 0. The predicted octanol–water partition coefficient (Wildman–Crippen LogP) is 3.96. The van der Waals surface area contributed by atoms with E-state index in [1.54, 1.807) is 0 Å². The van der Waals surface area contributed by atoms with E-state index in [1.165, 1.54) is 16.7 Å². The Kier molecular flexibility index (Phi) is 5.59. The van der Waals surface area contributed by atoms with Crippen molar-refractivity contribution >= 4 is 5.57 Å². The molecule has 0 heterocycles. The maximum absolute atomic E-state index is 5.77. The molecule has 0 radical (unpaired) electrons. The van der Waals surface area contributed by atoms with Gasteiger partial charge in [-0.1, -0.05) is 54.6 Å². The van der Waals surface area contributed by atoms with Crippen LogP contribution < -0.4 is 0 Å². The van der Waals surface area contributed by atoms with Crippen LogP contribution in [-0.4, -0.2) is 32.1 Å². The number of rotatable bonds is 6. The molecule has 21 heavy (non-hydrogen) atoms. The van der Waals surface area contributed by atoms with Crippen LogP contribution in [-0.2, 0) is 4.74 Å². The number of benzene rings is 2. The van der Waals surface area contributed by atoms with Crippen LogP contribution >= 0.6 is 0 Å². The smallest absolute Gasteiger partial charge is 0.1000 e. The molecule has 2 nitrogen and oxygen atoms in total. The molecule has 2 rings (SSSR count). The third-order valence-corrected chi connectivity index (χ3v) is 3.38. The monoisotopic (exact) mass is 281 g/mol. The number of hydrogen-bond acceptors (Lipinski definition) is 2. The molecule has 110 valence electrons. The zero-order valence-corrected chi connectivity index (χ0v) is 13.0. The first kappa shape index (κ1) is 15.3. The molecule has 0 fully saturated rings. The van der Waals surface area contributed by atoms with Gasteiger partial charge in [-0.05, 0) is 37.7 Å². The van der Waals surface area contributed by atoms with Gasteiger partial charge in [0, 0.05) is 12.1 Å². The molecule has 0 saturated carbocycles. The normalized spacial score (nSPS) is 11.7. The van der Waals surface area contributed by atoms with Crippen molar-refractivity contribution in [1.29, 1.82) is 0 Å². The minimum Gasteiger partial charge on any atom is -0.499 e. The van der Waals surface area contributed by atoms with E-state index in [9.17, 15) is 0 Å². The summed E-state index contributed by atoms with van der Waals surface area (Å²) in [6.45, 7) is 3.73. The Balaban J connectivity index is 2.27. The molecule has 0 aliphatic rings. The topological polar surface area (TPSA) is 12.5 Å². The molecule has 0 aromatic heterocycles. The highest BCUT2D eigenvalue weighted by molar-refractivity contribution is 5.80. The number of nitrogens with zero attached hydrogens (tertiary/aromatic N) is 1. The zero-order chi connectivity index (χ0) is 15.1. The Hall–Kier alpha value is -2.06. The molecule has 0 spiro atoms. The molecule has 0 aliphatic carbocycles. The van der Waals surface area contributed by atoms with Gasteiger partial charge in [0.1, 0.15) is 0 Å². The summed E-state index contributed by atoms with van der Waals surface area (Å²) < 4.78 is 5.77. The number of likely N-dealkylation sites (N-methyl/N-ethyl adjacent to an activating group) is 1. The zero-order valence-electron chi connectivity index (χ0n) is 13.0. The summed E-state index contributed by atoms with van der Waals surface area (Å²) in [6, 6.07) is 18.8. The summed E-state index contributed by atoms with van der Waals surface area (Å²) in [5.41, 5.74) is 4.78. The third kappa shape index (κ3) is 4.47. The van der Waals surface area contributed by atoms with Crippen molar-refractivity contribution in [3.05, 3.63) is 77.5 Å². The van der Waals surface area contributed by atoms with Gasteiger partial charge in [-0.15, -0.1) is 0 Å². The van der Waals surface area contributed by atoms with Gasteiger partial charge >= 0.3 is 0 Å². The van der Waals surface area contributed by atoms with Gasteiger partial charge in [0.05, 0.1) is 12.9 Å². The molecule has 0 N–H and O–H groups in total. The summed E-state index contributed by atoms with van der Waals surface area (Å²) in [5, 5.41) is 0. The largest absolute Gasteiger partial charge is 0.499 e. The third-order valence-electron chi connectivity index (χ3n) is 3.38. The molecule has 0 saturated heterocycles. The van der Waals surface area contributed by atoms with Crippen molar-refractivity contribution in [2.75, 3.05) is 27.2 Å². The lowest BCUT2D eigenvalue weighted by atomic mass is 9.95. The first-order valence-corrected chi connectivity index (χ1v) is 7.26. The number of aryl methyl sites for hydroxylation is 1. The molecule has 2 heteroatoms. The second-order valence-electron chi connectivity index (χ2n) is 5.39. The number of hydrogen-bond donors (Lipinski definition) is 0. The standard InChI is InChI=1S/C19H23NO/c1-16-9-7-8-12-18(16)19(15-21-14-13-20(2)3)17-10-5-4-6-11-17/h4-12,15H,13-14H2,1-3H3/b19-15-. The average molecular weight is 281 g/mol. The van der Waals surface area contributed by atoms with Crippen LogP contribution in [0.15, 0.2) is 60.9 Å². The van der Waals surface area contributed by atoms with Gasteiger partial charge in [-0.25, -0.2) is 0 Å². The van der Waals surface area contributed by atoms with E-state index in [0.717, 1.165) is 12.1 Å². The highest BCUT2D eigenvalue weighted by atomic mass is 16.5. The fraction of sp³-hybridized carbons (Fsp3) is 0.263. The molecular weight excluding hydrogens is 258 g/mol. The molecule has 0 unspecified atom stereocenters. The van der Waals surface area contributed by atoms with E-state index < -0.39 is 0 Å². The van der Waals surface area contributed by atoms with Gasteiger partial charge in [0.15, 0.2) is 0 Å². The lowest BCUT2D eigenvalue weighted by Gasteiger charge is -2.13. The highest BCUT2D eigenvalue weighted by Crippen LogP contribution is 2.25. The van der Waals surface area contributed by atoms with Crippen molar-refractivity contribution < 1.29 is 4.74 Å². The van der Waals surface area contributed by atoms with E-state index >= 15 is 0 Å². The minimum atomic E-state index is 0.690.